The van der Waals surface area contributed by atoms with Crippen molar-refractivity contribution in [3.63, 3.8) is 0 Å². The van der Waals surface area contributed by atoms with Crippen molar-refractivity contribution >= 4 is 12.8 Å². The van der Waals surface area contributed by atoms with E-state index in [1.54, 1.807) is 0 Å². The molecule has 0 saturated heterocycles. The van der Waals surface area contributed by atoms with Gasteiger partial charge in [-0.05, 0) is 5.92 Å². The molecular weight excluding hydrogens is 132 g/mol. The molecule has 0 aliphatic rings. The fourth-order valence-corrected chi connectivity index (χ4v) is 0.305. The van der Waals surface area contributed by atoms with Gasteiger partial charge in [-0.25, -0.2) is 4.79 Å². The van der Waals surface area contributed by atoms with Crippen LogP contribution in [0.1, 0.15) is 13.8 Å². The summed E-state index contributed by atoms with van der Waals surface area (Å²) >= 11 is 0. The Labute approximate surface area is 60.8 Å². The lowest BCUT2D eigenvalue weighted by Crippen LogP contribution is -2.32. The van der Waals surface area contributed by atoms with Crippen molar-refractivity contribution in [1.29, 1.82) is 0 Å². The SMILES string of the molecule is C=O.CC(C)CNC(N)=O. The Morgan fingerprint density at radius 1 is 1.60 bits per heavy atom. The van der Waals surface area contributed by atoms with Gasteiger partial charge in [0.15, 0.2) is 0 Å². The topological polar surface area (TPSA) is 72.2 Å². The summed E-state index contributed by atoms with van der Waals surface area (Å²) < 4.78 is 0. The Balaban J connectivity index is 0. The van der Waals surface area contributed by atoms with Crippen LogP contribution in [-0.4, -0.2) is 19.4 Å². The van der Waals surface area contributed by atoms with Gasteiger partial charge < -0.3 is 15.8 Å². The van der Waals surface area contributed by atoms with Gasteiger partial charge in [0.05, 0.1) is 0 Å². The molecule has 0 aliphatic carbocycles. The number of primary amides is 1. The number of carbonyl (C=O) groups is 2. The maximum atomic E-state index is 10.0. The zero-order chi connectivity index (χ0) is 8.57. The van der Waals surface area contributed by atoms with Gasteiger partial charge in [-0.1, -0.05) is 13.8 Å². The molecule has 0 aliphatic heterocycles. The first-order chi connectivity index (χ1) is 4.63. The summed E-state index contributed by atoms with van der Waals surface area (Å²) in [6, 6.07) is -0.446. The molecule has 3 N–H and O–H groups in total. The average Bonchev–Trinajstić information content (AvgIpc) is 1.89. The van der Waals surface area contributed by atoms with Crippen LogP contribution in [0.2, 0.25) is 0 Å². The van der Waals surface area contributed by atoms with E-state index in [1.807, 2.05) is 20.6 Å². The van der Waals surface area contributed by atoms with E-state index in [2.05, 4.69) is 5.32 Å². The Kier molecular flexibility index (Phi) is 9.29. The lowest BCUT2D eigenvalue weighted by molar-refractivity contribution is -0.0979. The first kappa shape index (κ1) is 11.7. The monoisotopic (exact) mass is 146 g/mol. The van der Waals surface area contributed by atoms with Crippen LogP contribution in [0.5, 0.6) is 0 Å². The summed E-state index contributed by atoms with van der Waals surface area (Å²) in [4.78, 5) is 18.0. The van der Waals surface area contributed by atoms with Crippen LogP contribution in [0.3, 0.4) is 0 Å². The first-order valence-electron chi connectivity index (χ1n) is 2.95. The van der Waals surface area contributed by atoms with Crippen LogP contribution in [0.25, 0.3) is 0 Å². The van der Waals surface area contributed by atoms with Crippen LogP contribution in [-0.2, 0) is 4.79 Å². The molecule has 0 aromatic heterocycles. The molecular formula is C6H14N2O2. The van der Waals surface area contributed by atoms with Crippen molar-refractivity contribution in [2.45, 2.75) is 13.8 Å². The number of hydrogen-bond donors (Lipinski definition) is 2. The maximum Gasteiger partial charge on any atom is 0.312 e. The molecule has 0 rings (SSSR count). The molecule has 60 valence electrons. The van der Waals surface area contributed by atoms with Gasteiger partial charge >= 0.3 is 6.03 Å². The third kappa shape index (κ3) is 15.8. The second kappa shape index (κ2) is 7.94. The van der Waals surface area contributed by atoms with Gasteiger partial charge in [0.2, 0.25) is 0 Å². The van der Waals surface area contributed by atoms with Crippen molar-refractivity contribution in [3.8, 4) is 0 Å². The molecule has 0 unspecified atom stereocenters. The zero-order valence-electron chi connectivity index (χ0n) is 6.39. The molecule has 0 saturated carbocycles. The van der Waals surface area contributed by atoms with E-state index >= 15 is 0 Å². The third-order valence-electron chi connectivity index (χ3n) is 0.685. The van der Waals surface area contributed by atoms with Gasteiger partial charge in [-0.2, -0.15) is 0 Å². The van der Waals surface area contributed by atoms with Crippen LogP contribution in [0.15, 0.2) is 0 Å². The van der Waals surface area contributed by atoms with Crippen LogP contribution in [0, 0.1) is 5.92 Å². The normalized spacial score (nSPS) is 7.90. The summed E-state index contributed by atoms with van der Waals surface area (Å²) in [5.41, 5.74) is 4.79. The Hall–Kier alpha value is -1.06. The van der Waals surface area contributed by atoms with Gasteiger partial charge in [0, 0.05) is 6.54 Å². The highest BCUT2D eigenvalue weighted by atomic mass is 16.2. The van der Waals surface area contributed by atoms with Gasteiger partial charge in [-0.15, -0.1) is 0 Å². The van der Waals surface area contributed by atoms with E-state index in [4.69, 9.17) is 10.5 Å². The molecule has 4 heteroatoms. The lowest BCUT2D eigenvalue weighted by Gasteiger charge is -2.02. The Bertz CT molecular complexity index is 93.7. The smallest absolute Gasteiger partial charge is 0.312 e. The minimum atomic E-state index is -0.446. The number of amides is 2. The van der Waals surface area contributed by atoms with E-state index in [9.17, 15) is 4.79 Å². The highest BCUT2D eigenvalue weighted by Gasteiger charge is 1.92. The number of nitrogens with two attached hydrogens (primary N) is 1. The van der Waals surface area contributed by atoms with Crippen molar-refractivity contribution < 1.29 is 9.59 Å². The molecule has 0 bridgehead atoms. The molecule has 0 radical (unpaired) electrons. The first-order valence-corrected chi connectivity index (χ1v) is 2.95. The number of carbonyl (C=O) groups excluding carboxylic acids is 2. The maximum absolute atomic E-state index is 10.0. The van der Waals surface area contributed by atoms with E-state index < -0.39 is 6.03 Å². The summed E-state index contributed by atoms with van der Waals surface area (Å²) in [7, 11) is 0. The number of rotatable bonds is 2. The van der Waals surface area contributed by atoms with E-state index in [1.165, 1.54) is 0 Å². The summed E-state index contributed by atoms with van der Waals surface area (Å²) in [6.45, 7) is 6.68. The van der Waals surface area contributed by atoms with Crippen LogP contribution >= 0.6 is 0 Å². The molecule has 4 nitrogen and oxygen atoms in total. The zero-order valence-corrected chi connectivity index (χ0v) is 6.39. The fourth-order valence-electron chi connectivity index (χ4n) is 0.305. The molecule has 0 aromatic rings. The predicted molar refractivity (Wildman–Crippen MR) is 39.5 cm³/mol. The molecule has 0 atom stereocenters. The second-order valence-corrected chi connectivity index (χ2v) is 2.14. The highest BCUT2D eigenvalue weighted by molar-refractivity contribution is 5.71. The quantitative estimate of drug-likeness (QED) is 0.581. The number of urea groups is 1. The molecule has 10 heavy (non-hydrogen) atoms. The summed E-state index contributed by atoms with van der Waals surface area (Å²) in [5.74, 6) is 0.475. The predicted octanol–water partition coefficient (Wildman–Crippen LogP) is 0.126. The van der Waals surface area contributed by atoms with Gasteiger partial charge in [-0.3, -0.25) is 0 Å². The number of hydrogen-bond acceptors (Lipinski definition) is 2. The fraction of sp³-hybridized carbons (Fsp3) is 0.667. The molecule has 2 amide bonds. The van der Waals surface area contributed by atoms with E-state index in [0.717, 1.165) is 0 Å². The lowest BCUT2D eigenvalue weighted by atomic mass is 10.2. The molecule has 0 spiro atoms. The van der Waals surface area contributed by atoms with Crippen LogP contribution < -0.4 is 11.1 Å². The number of nitrogens with one attached hydrogen (secondary N) is 1. The van der Waals surface area contributed by atoms with Gasteiger partial charge in [0.25, 0.3) is 0 Å². The minimum Gasteiger partial charge on any atom is -0.352 e. The van der Waals surface area contributed by atoms with Crippen molar-refractivity contribution in [3.05, 3.63) is 0 Å². The summed E-state index contributed by atoms with van der Waals surface area (Å²) in [6.07, 6.45) is 0. The van der Waals surface area contributed by atoms with E-state index in [-0.39, 0.29) is 0 Å². The standard InChI is InChI=1S/C5H12N2O.CH2O/c1-4(2)3-7-5(6)8;1-2/h4H,3H2,1-2H3,(H3,6,7,8);1H2. The Morgan fingerprint density at radius 2 is 2.00 bits per heavy atom. The van der Waals surface area contributed by atoms with Gasteiger partial charge in [0.1, 0.15) is 6.79 Å². The minimum absolute atomic E-state index is 0.446. The third-order valence-corrected chi connectivity index (χ3v) is 0.685. The van der Waals surface area contributed by atoms with E-state index in [0.29, 0.717) is 12.5 Å². The van der Waals surface area contributed by atoms with Crippen molar-refractivity contribution in [2.24, 2.45) is 11.7 Å². The largest absolute Gasteiger partial charge is 0.352 e. The summed E-state index contributed by atoms with van der Waals surface area (Å²) in [5, 5.41) is 2.48. The Morgan fingerprint density at radius 3 is 2.10 bits per heavy atom. The van der Waals surface area contributed by atoms with Crippen LogP contribution in [0.4, 0.5) is 4.79 Å². The second-order valence-electron chi connectivity index (χ2n) is 2.14. The molecule has 0 fully saturated rings. The molecule has 0 aromatic carbocycles. The molecule has 0 heterocycles. The highest BCUT2D eigenvalue weighted by Crippen LogP contribution is 1.85. The van der Waals surface area contributed by atoms with Crippen molar-refractivity contribution in [2.75, 3.05) is 6.54 Å². The van der Waals surface area contributed by atoms with Crippen molar-refractivity contribution in [1.82, 2.24) is 5.32 Å². The average molecular weight is 146 g/mol.